The van der Waals surface area contributed by atoms with Crippen LogP contribution in [0.5, 0.6) is 0 Å². The van der Waals surface area contributed by atoms with Gasteiger partial charge in [-0.15, -0.1) is 0 Å². The van der Waals surface area contributed by atoms with Gasteiger partial charge in [-0.2, -0.15) is 0 Å². The Morgan fingerprint density at radius 3 is 2.58 bits per heavy atom. The number of fused-ring (bicyclic) bond motifs is 1. The molecule has 1 fully saturated rings. The van der Waals surface area contributed by atoms with Crippen molar-refractivity contribution in [1.29, 1.82) is 0 Å². The maximum absolute atomic E-state index is 6.04. The van der Waals surface area contributed by atoms with Gasteiger partial charge in [-0.25, -0.2) is 4.99 Å². The molecule has 0 spiro atoms. The molecular weight excluding hydrogens is 238 g/mol. The number of nitrogens with two attached hydrogens (primary N) is 1. The number of hydrogen-bond donors (Lipinski definition) is 1. The molecule has 0 aliphatic carbocycles. The van der Waals surface area contributed by atoms with Crippen LogP contribution in [-0.2, 0) is 4.74 Å². The minimum Gasteiger partial charge on any atom is -0.378 e. The summed E-state index contributed by atoms with van der Waals surface area (Å²) in [5.41, 5.74) is 6.94. The number of rotatable bonds is 1. The van der Waals surface area contributed by atoms with E-state index in [0.29, 0.717) is 19.2 Å². The summed E-state index contributed by atoms with van der Waals surface area (Å²) in [6.45, 7) is 3.05. The van der Waals surface area contributed by atoms with Crippen molar-refractivity contribution in [2.45, 2.75) is 0 Å². The molecule has 2 aromatic carbocycles. The van der Waals surface area contributed by atoms with Crippen molar-refractivity contribution in [3.05, 3.63) is 42.5 Å². The molecule has 1 heterocycles. The molecular formula is C15H17N3O. The molecule has 4 nitrogen and oxygen atoms in total. The first-order valence-electron chi connectivity index (χ1n) is 6.48. The van der Waals surface area contributed by atoms with E-state index >= 15 is 0 Å². The van der Waals surface area contributed by atoms with Crippen LogP contribution in [0.4, 0.5) is 5.69 Å². The van der Waals surface area contributed by atoms with E-state index in [1.54, 1.807) is 0 Å². The van der Waals surface area contributed by atoms with Gasteiger partial charge >= 0.3 is 0 Å². The summed E-state index contributed by atoms with van der Waals surface area (Å²) in [6, 6.07) is 14.4. The van der Waals surface area contributed by atoms with Crippen molar-refractivity contribution in [3.8, 4) is 0 Å². The fourth-order valence-electron chi connectivity index (χ4n) is 2.24. The van der Waals surface area contributed by atoms with E-state index in [9.17, 15) is 0 Å². The third-order valence-electron chi connectivity index (χ3n) is 3.31. The van der Waals surface area contributed by atoms with Gasteiger partial charge in [0.05, 0.1) is 18.9 Å². The zero-order chi connectivity index (χ0) is 13.1. The predicted octanol–water partition coefficient (Wildman–Crippen LogP) is 2.12. The van der Waals surface area contributed by atoms with E-state index in [4.69, 9.17) is 10.5 Å². The molecule has 0 atom stereocenters. The monoisotopic (exact) mass is 255 g/mol. The highest BCUT2D eigenvalue weighted by Gasteiger charge is 2.12. The molecule has 0 radical (unpaired) electrons. The number of guanidine groups is 1. The van der Waals surface area contributed by atoms with Crippen LogP contribution >= 0.6 is 0 Å². The fraction of sp³-hybridized carbons (Fsp3) is 0.267. The van der Waals surface area contributed by atoms with E-state index in [-0.39, 0.29) is 0 Å². The summed E-state index contributed by atoms with van der Waals surface area (Å²) in [7, 11) is 0. The van der Waals surface area contributed by atoms with Crippen LogP contribution in [0.25, 0.3) is 10.8 Å². The highest BCUT2D eigenvalue weighted by Crippen LogP contribution is 2.21. The largest absolute Gasteiger partial charge is 0.378 e. The number of aliphatic imine (C=N–C) groups is 1. The van der Waals surface area contributed by atoms with Crippen molar-refractivity contribution in [2.24, 2.45) is 10.7 Å². The number of nitrogens with zero attached hydrogens (tertiary/aromatic N) is 2. The molecule has 0 unspecified atom stereocenters. The highest BCUT2D eigenvalue weighted by molar-refractivity contribution is 5.87. The zero-order valence-corrected chi connectivity index (χ0v) is 10.7. The van der Waals surface area contributed by atoms with Crippen LogP contribution < -0.4 is 5.73 Å². The summed E-state index contributed by atoms with van der Waals surface area (Å²) in [5.74, 6) is 0.568. The molecule has 4 heteroatoms. The summed E-state index contributed by atoms with van der Waals surface area (Å²) in [4.78, 5) is 6.55. The Morgan fingerprint density at radius 1 is 1.05 bits per heavy atom. The molecule has 0 amide bonds. The van der Waals surface area contributed by atoms with Crippen LogP contribution in [0.1, 0.15) is 0 Å². The lowest BCUT2D eigenvalue weighted by atomic mass is 10.1. The van der Waals surface area contributed by atoms with Gasteiger partial charge in [0.25, 0.3) is 0 Å². The Morgan fingerprint density at radius 2 is 1.79 bits per heavy atom. The van der Waals surface area contributed by atoms with Crippen molar-refractivity contribution < 1.29 is 4.74 Å². The molecule has 2 aromatic rings. The maximum atomic E-state index is 6.04. The third kappa shape index (κ3) is 2.69. The summed E-state index contributed by atoms with van der Waals surface area (Å²) < 4.78 is 5.31. The van der Waals surface area contributed by atoms with Gasteiger partial charge in [0.15, 0.2) is 5.96 Å². The van der Waals surface area contributed by atoms with E-state index in [1.807, 2.05) is 18.2 Å². The number of morpholine rings is 1. The molecule has 0 bridgehead atoms. The summed E-state index contributed by atoms with van der Waals surface area (Å²) >= 11 is 0. The molecule has 1 saturated heterocycles. The Hall–Kier alpha value is -2.07. The normalized spacial score (nSPS) is 16.8. The summed E-state index contributed by atoms with van der Waals surface area (Å²) in [5, 5.41) is 2.39. The molecule has 19 heavy (non-hydrogen) atoms. The van der Waals surface area contributed by atoms with Crippen molar-refractivity contribution in [3.63, 3.8) is 0 Å². The van der Waals surface area contributed by atoms with Gasteiger partial charge in [0.2, 0.25) is 0 Å². The van der Waals surface area contributed by atoms with Gasteiger partial charge < -0.3 is 15.4 Å². The molecule has 0 aromatic heterocycles. The van der Waals surface area contributed by atoms with E-state index in [0.717, 1.165) is 18.8 Å². The van der Waals surface area contributed by atoms with Crippen LogP contribution in [-0.4, -0.2) is 37.2 Å². The molecule has 1 aliphatic heterocycles. The molecule has 0 saturated carbocycles. The number of hydrogen-bond acceptors (Lipinski definition) is 2. The minimum absolute atomic E-state index is 0.568. The average molecular weight is 255 g/mol. The van der Waals surface area contributed by atoms with Crippen LogP contribution in [0.3, 0.4) is 0 Å². The van der Waals surface area contributed by atoms with Gasteiger partial charge in [0.1, 0.15) is 0 Å². The zero-order valence-electron chi connectivity index (χ0n) is 10.7. The maximum Gasteiger partial charge on any atom is 0.196 e. The van der Waals surface area contributed by atoms with Crippen LogP contribution in [0, 0.1) is 0 Å². The lowest BCUT2D eigenvalue weighted by Gasteiger charge is -2.27. The second-order valence-electron chi connectivity index (χ2n) is 4.60. The third-order valence-corrected chi connectivity index (χ3v) is 3.31. The smallest absolute Gasteiger partial charge is 0.196 e. The molecule has 2 N–H and O–H groups in total. The van der Waals surface area contributed by atoms with Gasteiger partial charge in [0, 0.05) is 13.1 Å². The first-order valence-corrected chi connectivity index (χ1v) is 6.48. The van der Waals surface area contributed by atoms with Crippen LogP contribution in [0.2, 0.25) is 0 Å². The van der Waals surface area contributed by atoms with Crippen LogP contribution in [0.15, 0.2) is 47.5 Å². The summed E-state index contributed by atoms with van der Waals surface area (Å²) in [6.07, 6.45) is 0. The Labute approximate surface area is 112 Å². The van der Waals surface area contributed by atoms with Crippen molar-refractivity contribution >= 4 is 22.4 Å². The first-order chi connectivity index (χ1) is 9.33. The lowest BCUT2D eigenvalue weighted by molar-refractivity contribution is 0.0675. The van der Waals surface area contributed by atoms with E-state index < -0.39 is 0 Å². The Bertz CT molecular complexity index is 603. The van der Waals surface area contributed by atoms with Crippen molar-refractivity contribution in [1.82, 2.24) is 4.90 Å². The second kappa shape index (κ2) is 5.28. The fourth-order valence-corrected chi connectivity index (χ4v) is 2.24. The molecule has 1 aliphatic rings. The van der Waals surface area contributed by atoms with Gasteiger partial charge in [-0.1, -0.05) is 30.3 Å². The van der Waals surface area contributed by atoms with E-state index in [2.05, 4.69) is 34.2 Å². The highest BCUT2D eigenvalue weighted by atomic mass is 16.5. The van der Waals surface area contributed by atoms with Gasteiger partial charge in [-0.05, 0) is 22.9 Å². The predicted molar refractivity (Wildman–Crippen MR) is 77.6 cm³/mol. The second-order valence-corrected chi connectivity index (χ2v) is 4.60. The Balaban J connectivity index is 1.86. The average Bonchev–Trinajstić information content (AvgIpc) is 2.48. The topological polar surface area (TPSA) is 50.8 Å². The number of benzene rings is 2. The Kier molecular flexibility index (Phi) is 3.33. The number of ether oxygens (including phenoxy) is 1. The lowest BCUT2D eigenvalue weighted by Crippen LogP contribution is -2.44. The van der Waals surface area contributed by atoms with Crippen molar-refractivity contribution in [2.75, 3.05) is 26.3 Å². The SMILES string of the molecule is NC(=Nc1ccc2ccccc2c1)N1CCOCC1. The molecule has 98 valence electrons. The minimum atomic E-state index is 0.568. The standard InChI is InChI=1S/C15H17N3O/c16-15(18-7-9-19-10-8-18)17-14-6-5-12-3-1-2-4-13(12)11-14/h1-6,11H,7-10H2,(H2,16,17). The quantitative estimate of drug-likeness (QED) is 0.627. The van der Waals surface area contributed by atoms with E-state index in [1.165, 1.54) is 10.8 Å². The molecule has 3 rings (SSSR count). The van der Waals surface area contributed by atoms with Gasteiger partial charge in [-0.3, -0.25) is 0 Å². The first kappa shape index (κ1) is 12.0.